The summed E-state index contributed by atoms with van der Waals surface area (Å²) >= 11 is 0. The van der Waals surface area contributed by atoms with E-state index in [9.17, 15) is 4.79 Å². The highest BCUT2D eigenvalue weighted by Gasteiger charge is 2.27. The number of hydrogen-bond donors (Lipinski definition) is 1. The topological polar surface area (TPSA) is 67.9 Å². The van der Waals surface area contributed by atoms with E-state index in [0.717, 1.165) is 11.1 Å². The molecule has 1 fully saturated rings. The number of esters is 1. The van der Waals surface area contributed by atoms with Crippen molar-refractivity contribution in [2.45, 2.75) is 32.0 Å². The molecule has 1 aliphatic rings. The van der Waals surface area contributed by atoms with Crippen LogP contribution in [-0.4, -0.2) is 29.9 Å². The zero-order chi connectivity index (χ0) is 17.6. The molecule has 0 radical (unpaired) electrons. The van der Waals surface area contributed by atoms with Gasteiger partial charge in [-0.25, -0.2) is 9.79 Å². The third-order valence-corrected chi connectivity index (χ3v) is 4.26. The van der Waals surface area contributed by atoms with Crippen molar-refractivity contribution in [1.82, 2.24) is 4.90 Å². The van der Waals surface area contributed by atoms with Crippen LogP contribution < -0.4 is 5.73 Å². The monoisotopic (exact) mass is 337 g/mol. The van der Waals surface area contributed by atoms with E-state index in [2.05, 4.69) is 4.99 Å². The van der Waals surface area contributed by atoms with Gasteiger partial charge in [0.2, 0.25) is 0 Å². The summed E-state index contributed by atoms with van der Waals surface area (Å²) in [6.45, 7) is 0.712. The van der Waals surface area contributed by atoms with Crippen LogP contribution in [0.3, 0.4) is 0 Å². The van der Waals surface area contributed by atoms with Crippen molar-refractivity contribution >= 4 is 11.9 Å². The van der Waals surface area contributed by atoms with Crippen molar-refractivity contribution in [3.05, 3.63) is 71.3 Å². The van der Waals surface area contributed by atoms with Gasteiger partial charge < -0.3 is 15.4 Å². The van der Waals surface area contributed by atoms with Crippen LogP contribution >= 0.6 is 0 Å². The molecule has 0 saturated heterocycles. The SMILES string of the molecule is CN(C(N)=NCc1cccc(C(=O)OCc2ccccc2)c1)C1CC1. The Hall–Kier alpha value is -2.82. The van der Waals surface area contributed by atoms with E-state index < -0.39 is 0 Å². The van der Waals surface area contributed by atoms with Gasteiger partial charge in [-0.2, -0.15) is 0 Å². The van der Waals surface area contributed by atoms with Gasteiger partial charge in [-0.05, 0) is 36.1 Å². The summed E-state index contributed by atoms with van der Waals surface area (Å²) in [4.78, 5) is 18.7. The molecule has 0 atom stereocenters. The number of hydrogen-bond acceptors (Lipinski definition) is 3. The van der Waals surface area contributed by atoms with Gasteiger partial charge in [-0.1, -0.05) is 42.5 Å². The minimum atomic E-state index is -0.335. The van der Waals surface area contributed by atoms with Crippen molar-refractivity contribution in [2.75, 3.05) is 7.05 Å². The van der Waals surface area contributed by atoms with Crippen LogP contribution in [0.4, 0.5) is 0 Å². The molecule has 2 aromatic rings. The summed E-state index contributed by atoms with van der Waals surface area (Å²) in [7, 11) is 1.97. The molecule has 1 aliphatic carbocycles. The minimum Gasteiger partial charge on any atom is -0.457 e. The fraction of sp³-hybridized carbons (Fsp3) is 0.300. The van der Waals surface area contributed by atoms with E-state index in [4.69, 9.17) is 10.5 Å². The van der Waals surface area contributed by atoms with Crippen molar-refractivity contribution in [2.24, 2.45) is 10.7 Å². The molecule has 3 rings (SSSR count). The lowest BCUT2D eigenvalue weighted by atomic mass is 10.1. The van der Waals surface area contributed by atoms with Crippen LogP contribution in [0, 0.1) is 0 Å². The molecule has 1 saturated carbocycles. The number of carbonyl (C=O) groups excluding carboxylic acids is 1. The van der Waals surface area contributed by atoms with Crippen LogP contribution in [0.2, 0.25) is 0 Å². The highest BCUT2D eigenvalue weighted by Crippen LogP contribution is 2.25. The quantitative estimate of drug-likeness (QED) is 0.500. The molecule has 2 N–H and O–H groups in total. The minimum absolute atomic E-state index is 0.265. The van der Waals surface area contributed by atoms with Crippen molar-refractivity contribution in [1.29, 1.82) is 0 Å². The summed E-state index contributed by atoms with van der Waals surface area (Å²) in [6.07, 6.45) is 2.35. The number of aliphatic imine (C=N–C) groups is 1. The molecule has 2 aromatic carbocycles. The van der Waals surface area contributed by atoms with Crippen molar-refractivity contribution < 1.29 is 9.53 Å². The van der Waals surface area contributed by atoms with Gasteiger partial charge in [0, 0.05) is 13.1 Å². The van der Waals surface area contributed by atoms with Gasteiger partial charge in [0.15, 0.2) is 5.96 Å². The Bertz CT molecular complexity index is 755. The van der Waals surface area contributed by atoms with E-state index >= 15 is 0 Å². The smallest absolute Gasteiger partial charge is 0.338 e. The van der Waals surface area contributed by atoms with Gasteiger partial charge in [0.25, 0.3) is 0 Å². The number of ether oxygens (including phenoxy) is 1. The second-order valence-corrected chi connectivity index (χ2v) is 6.28. The fourth-order valence-electron chi connectivity index (χ4n) is 2.54. The van der Waals surface area contributed by atoms with Crippen LogP contribution in [-0.2, 0) is 17.9 Å². The standard InChI is InChI=1S/C20H23N3O2/c1-23(18-10-11-18)20(21)22-13-16-8-5-9-17(12-16)19(24)25-14-15-6-3-2-4-7-15/h2-9,12,18H,10-11,13-14H2,1H3,(H2,21,22). The predicted octanol–water partition coefficient (Wildman–Crippen LogP) is 2.95. The van der Waals surface area contributed by atoms with E-state index in [0.29, 0.717) is 24.1 Å². The maximum Gasteiger partial charge on any atom is 0.338 e. The predicted molar refractivity (Wildman–Crippen MR) is 98.1 cm³/mol. The molecule has 0 unspecified atom stereocenters. The third kappa shape index (κ3) is 4.83. The molecule has 130 valence electrons. The first-order valence-corrected chi connectivity index (χ1v) is 8.46. The molecule has 5 heteroatoms. The molecule has 5 nitrogen and oxygen atoms in total. The van der Waals surface area contributed by atoms with Crippen molar-refractivity contribution in [3.63, 3.8) is 0 Å². The maximum absolute atomic E-state index is 12.2. The molecule has 25 heavy (non-hydrogen) atoms. The second-order valence-electron chi connectivity index (χ2n) is 6.28. The zero-order valence-corrected chi connectivity index (χ0v) is 14.4. The fourth-order valence-corrected chi connectivity index (χ4v) is 2.54. The largest absolute Gasteiger partial charge is 0.457 e. The Kier molecular flexibility index (Phi) is 5.33. The molecular formula is C20H23N3O2. The Labute approximate surface area is 148 Å². The summed E-state index contributed by atoms with van der Waals surface area (Å²) in [6, 6.07) is 17.5. The number of rotatable bonds is 6. The molecule has 0 bridgehead atoms. The van der Waals surface area contributed by atoms with Crippen LogP contribution in [0.1, 0.15) is 34.3 Å². The van der Waals surface area contributed by atoms with E-state index in [1.807, 2.05) is 54.4 Å². The van der Waals surface area contributed by atoms with Crippen molar-refractivity contribution in [3.8, 4) is 0 Å². The average Bonchev–Trinajstić information content (AvgIpc) is 3.50. The summed E-state index contributed by atoms with van der Waals surface area (Å²) in [5.74, 6) is 0.206. The van der Waals surface area contributed by atoms with Gasteiger partial charge in [-0.15, -0.1) is 0 Å². The number of nitrogens with zero attached hydrogens (tertiary/aromatic N) is 2. The number of carbonyl (C=O) groups is 1. The van der Waals surface area contributed by atoms with Gasteiger partial charge in [0.1, 0.15) is 6.61 Å². The molecule has 0 spiro atoms. The Morgan fingerprint density at radius 3 is 2.60 bits per heavy atom. The lowest BCUT2D eigenvalue weighted by molar-refractivity contribution is 0.0472. The van der Waals surface area contributed by atoms with Gasteiger partial charge >= 0.3 is 5.97 Å². The molecule has 0 aliphatic heterocycles. The van der Waals surface area contributed by atoms with E-state index in [1.54, 1.807) is 12.1 Å². The number of guanidine groups is 1. The number of nitrogens with two attached hydrogens (primary N) is 1. The van der Waals surface area contributed by atoms with Gasteiger partial charge in [-0.3, -0.25) is 0 Å². The Morgan fingerprint density at radius 2 is 1.88 bits per heavy atom. The first-order chi connectivity index (χ1) is 12.1. The molecule has 0 aromatic heterocycles. The van der Waals surface area contributed by atoms with Gasteiger partial charge in [0.05, 0.1) is 12.1 Å². The Morgan fingerprint density at radius 1 is 1.16 bits per heavy atom. The lowest BCUT2D eigenvalue weighted by Crippen LogP contribution is -2.35. The van der Waals surface area contributed by atoms with Crippen LogP contribution in [0.15, 0.2) is 59.6 Å². The zero-order valence-electron chi connectivity index (χ0n) is 14.4. The van der Waals surface area contributed by atoms with Crippen LogP contribution in [0.5, 0.6) is 0 Å². The summed E-state index contributed by atoms with van der Waals surface area (Å²) in [5, 5.41) is 0. The maximum atomic E-state index is 12.2. The van der Waals surface area contributed by atoms with E-state index in [-0.39, 0.29) is 12.6 Å². The lowest BCUT2D eigenvalue weighted by Gasteiger charge is -2.16. The first-order valence-electron chi connectivity index (χ1n) is 8.46. The molecular weight excluding hydrogens is 314 g/mol. The first kappa shape index (κ1) is 17.0. The summed E-state index contributed by atoms with van der Waals surface area (Å²) in [5.41, 5.74) is 8.42. The molecule has 0 heterocycles. The van der Waals surface area contributed by atoms with E-state index in [1.165, 1.54) is 12.8 Å². The highest BCUT2D eigenvalue weighted by atomic mass is 16.5. The number of benzene rings is 2. The average molecular weight is 337 g/mol. The summed E-state index contributed by atoms with van der Waals surface area (Å²) < 4.78 is 5.36. The highest BCUT2D eigenvalue weighted by molar-refractivity contribution is 5.89. The Balaban J connectivity index is 1.58. The third-order valence-electron chi connectivity index (χ3n) is 4.26. The normalized spacial score (nSPS) is 14.2. The molecule has 0 amide bonds. The van der Waals surface area contributed by atoms with Crippen LogP contribution in [0.25, 0.3) is 0 Å². The second kappa shape index (κ2) is 7.83.